The fourth-order valence-corrected chi connectivity index (χ4v) is 12.6. The maximum atomic E-state index is 14.8. The fraction of sp³-hybridized carbons (Fsp3) is 0.581. The second-order valence-corrected chi connectivity index (χ2v) is 18.3. The molecule has 8 rings (SSSR count). The van der Waals surface area contributed by atoms with E-state index in [1.165, 1.54) is 11.3 Å². The largest absolute Gasteiger partial charge is 0.478 e. The van der Waals surface area contributed by atoms with Crippen LogP contribution in [0.2, 0.25) is 0 Å². The van der Waals surface area contributed by atoms with E-state index in [2.05, 4.69) is 64.0 Å². The highest BCUT2D eigenvalue weighted by molar-refractivity contribution is 6.18. The van der Waals surface area contributed by atoms with Crippen LogP contribution in [-0.4, -0.2) is 48.9 Å². The predicted octanol–water partition coefficient (Wildman–Crippen LogP) is 8.18. The van der Waals surface area contributed by atoms with Crippen LogP contribution in [0.25, 0.3) is 16.5 Å². The molecule has 0 saturated heterocycles. The number of hydrogen-bond acceptors (Lipinski definition) is 5. The van der Waals surface area contributed by atoms with Gasteiger partial charge in [-0.2, -0.15) is 0 Å². The molecule has 3 heterocycles. The van der Waals surface area contributed by atoms with Crippen molar-refractivity contribution in [1.82, 2.24) is 4.57 Å². The van der Waals surface area contributed by atoms with Gasteiger partial charge in [0.15, 0.2) is 5.78 Å². The number of allylic oxidation sites excluding steroid dienone is 3. The van der Waals surface area contributed by atoms with E-state index in [4.69, 9.17) is 4.74 Å². The molecule has 6 aliphatic rings. The second kappa shape index (κ2) is 10.2. The zero-order chi connectivity index (χ0) is 36.2. The molecule has 1 aromatic carbocycles. The maximum absolute atomic E-state index is 14.8. The van der Waals surface area contributed by atoms with Crippen molar-refractivity contribution in [3.63, 3.8) is 0 Å². The summed E-state index contributed by atoms with van der Waals surface area (Å²) in [4.78, 5) is 26.4. The summed E-state index contributed by atoms with van der Waals surface area (Å²) in [5.41, 5.74) is 5.80. The van der Waals surface area contributed by atoms with Crippen molar-refractivity contribution < 1.29 is 29.6 Å². The zero-order valence-electron chi connectivity index (χ0n) is 31.1. The highest BCUT2D eigenvalue weighted by atomic mass is 16.5. The number of hydrogen-bond donors (Lipinski definition) is 3. The van der Waals surface area contributed by atoms with Gasteiger partial charge in [0.25, 0.3) is 0 Å². The SMILES string of the molecule is C=C(C)[C@H]1C(=O)c2c3c(cc4c5c(n1c24)[C@@]1(C)C(CC[C@H]2[C@](C)(/C=C/C=C(\C)C(=O)O)[C@@H](O)CC[C@]21C)C5)C1=CC(C)(C)OC(C)(C)[C@@H]1[C@@H]3O. The molecule has 7 nitrogen and oxygen atoms in total. The molecule has 0 amide bonds. The number of aliphatic hydroxyl groups is 2. The monoisotopic (exact) mass is 679 g/mol. The van der Waals surface area contributed by atoms with E-state index in [-0.39, 0.29) is 34.0 Å². The molecule has 1 aromatic heterocycles. The summed E-state index contributed by atoms with van der Waals surface area (Å²) in [5.74, 6) is -0.702. The Morgan fingerprint density at radius 3 is 2.42 bits per heavy atom. The average Bonchev–Trinajstić information content (AvgIpc) is 3.67. The van der Waals surface area contributed by atoms with Crippen LogP contribution in [0.15, 0.2) is 48.1 Å². The van der Waals surface area contributed by atoms with E-state index in [1.807, 2.05) is 26.8 Å². The van der Waals surface area contributed by atoms with Crippen molar-refractivity contribution in [3.05, 3.63) is 76.0 Å². The first kappa shape index (κ1) is 33.9. The Kier molecular flexibility index (Phi) is 6.91. The smallest absolute Gasteiger partial charge is 0.331 e. The van der Waals surface area contributed by atoms with Crippen molar-refractivity contribution >= 4 is 28.2 Å². The van der Waals surface area contributed by atoms with Crippen molar-refractivity contribution in [2.24, 2.45) is 28.6 Å². The van der Waals surface area contributed by atoms with Crippen molar-refractivity contribution in [1.29, 1.82) is 0 Å². The number of carbonyl (C=O) groups is 2. The van der Waals surface area contributed by atoms with Gasteiger partial charge < -0.3 is 24.6 Å². The van der Waals surface area contributed by atoms with E-state index in [0.717, 1.165) is 58.9 Å². The minimum absolute atomic E-state index is 0.0189. The van der Waals surface area contributed by atoms with Gasteiger partial charge in [0.1, 0.15) is 6.04 Å². The lowest BCUT2D eigenvalue weighted by Crippen LogP contribution is -2.62. The van der Waals surface area contributed by atoms with Crippen LogP contribution in [0.4, 0.5) is 0 Å². The highest BCUT2D eigenvalue weighted by Gasteiger charge is 2.67. The number of carbonyl (C=O) groups excluding carboxylic acids is 1. The highest BCUT2D eigenvalue weighted by Crippen LogP contribution is 2.71. The Bertz CT molecular complexity index is 2020. The number of benzene rings is 1. The summed E-state index contributed by atoms with van der Waals surface area (Å²) in [6, 6.07) is 1.75. The summed E-state index contributed by atoms with van der Waals surface area (Å²) in [5, 5.41) is 34.4. The summed E-state index contributed by atoms with van der Waals surface area (Å²) in [6.07, 6.45) is 10.7. The predicted molar refractivity (Wildman–Crippen MR) is 195 cm³/mol. The molecule has 0 spiro atoms. The third-order valence-electron chi connectivity index (χ3n) is 14.8. The molecular weight excluding hydrogens is 626 g/mol. The number of carboxylic acid groups (broad SMARTS) is 1. The Morgan fingerprint density at radius 1 is 1.06 bits per heavy atom. The van der Waals surface area contributed by atoms with Gasteiger partial charge in [-0.25, -0.2) is 4.79 Å². The van der Waals surface area contributed by atoms with Crippen molar-refractivity contribution in [3.8, 4) is 0 Å². The molecule has 0 radical (unpaired) electrons. The van der Waals surface area contributed by atoms with Crippen LogP contribution >= 0.6 is 0 Å². The van der Waals surface area contributed by atoms with E-state index in [1.54, 1.807) is 13.0 Å². The number of nitrogens with zero attached hydrogens (tertiary/aromatic N) is 1. The lowest BCUT2D eigenvalue weighted by molar-refractivity contribution is -0.144. The van der Waals surface area contributed by atoms with Gasteiger partial charge >= 0.3 is 5.97 Å². The molecule has 3 N–H and O–H groups in total. The lowest BCUT2D eigenvalue weighted by Gasteiger charge is -2.64. The Labute approximate surface area is 295 Å². The number of ketones is 1. The number of ether oxygens (including phenoxy) is 1. The first-order valence-electron chi connectivity index (χ1n) is 18.5. The normalized spacial score (nSPS) is 39.2. The Hall–Kier alpha value is -3.26. The topological polar surface area (TPSA) is 109 Å². The van der Waals surface area contributed by atoms with Gasteiger partial charge in [0.2, 0.25) is 0 Å². The number of carboxylic acids is 1. The lowest BCUT2D eigenvalue weighted by atomic mass is 9.40. The number of aliphatic hydroxyl groups excluding tert-OH is 2. The van der Waals surface area contributed by atoms with Crippen LogP contribution in [0.3, 0.4) is 0 Å². The van der Waals surface area contributed by atoms with Crippen LogP contribution in [0.5, 0.6) is 0 Å². The fourth-order valence-electron chi connectivity index (χ4n) is 12.6. The van der Waals surface area contributed by atoms with Gasteiger partial charge in [-0.15, -0.1) is 0 Å². The van der Waals surface area contributed by atoms with Crippen molar-refractivity contribution in [2.45, 2.75) is 129 Å². The molecule has 7 heteroatoms. The number of Topliss-reactive ketones (excluding diaryl/α,β-unsaturated/α-hetero) is 1. The quantitative estimate of drug-likeness (QED) is 0.171. The van der Waals surface area contributed by atoms with Gasteiger partial charge in [-0.3, -0.25) is 4.79 Å². The second-order valence-electron chi connectivity index (χ2n) is 18.3. The molecular formula is C43H53NO6. The zero-order valence-corrected chi connectivity index (χ0v) is 31.1. The molecule has 50 heavy (non-hydrogen) atoms. The van der Waals surface area contributed by atoms with Crippen LogP contribution < -0.4 is 0 Å². The molecule has 9 atom stereocenters. The molecule has 0 bridgehead atoms. The summed E-state index contributed by atoms with van der Waals surface area (Å²) < 4.78 is 8.86. The van der Waals surface area contributed by atoms with Crippen molar-refractivity contribution in [2.75, 3.05) is 0 Å². The van der Waals surface area contributed by atoms with Crippen LogP contribution in [0.1, 0.15) is 133 Å². The van der Waals surface area contributed by atoms with Crippen LogP contribution in [0, 0.1) is 28.6 Å². The number of aliphatic carboxylic acids is 1. The van der Waals surface area contributed by atoms with Gasteiger partial charge in [0.05, 0.1) is 34.5 Å². The third-order valence-corrected chi connectivity index (χ3v) is 14.8. The third kappa shape index (κ3) is 3.98. The van der Waals surface area contributed by atoms with E-state index in [9.17, 15) is 24.9 Å². The molecule has 2 fully saturated rings. The standard InChI is InChI=1S/C43H53NO6/c1-21(2)33-36(47)31-30-24(27-20-39(4,5)50-40(6,7)32(27)35(30)46)19-25-26-18-23-13-14-28-41(8,16-11-12-22(3)38(48)49)29(45)15-17-42(28,9)43(23,10)37(26)44(33)34(25)31/h11-12,16,19-20,23,28-29,32-33,35,45-46H,1,13-15,17-18H2,2-10H3,(H,48,49)/b16-11+,22-12+/t23?,28-,29-,32-,33-,35+,41-,42+,43+/m0/s1. The minimum Gasteiger partial charge on any atom is -0.478 e. The van der Waals surface area contributed by atoms with Gasteiger partial charge in [-0.05, 0) is 120 Å². The minimum atomic E-state index is -0.950. The molecule has 4 aliphatic carbocycles. The van der Waals surface area contributed by atoms with Crippen LogP contribution in [-0.2, 0) is 21.4 Å². The number of fused-ring (bicyclic) bond motifs is 11. The maximum Gasteiger partial charge on any atom is 0.331 e. The molecule has 2 aliphatic heterocycles. The first-order chi connectivity index (χ1) is 23.2. The van der Waals surface area contributed by atoms with E-state index >= 15 is 0 Å². The molecule has 2 aromatic rings. The molecule has 1 unspecified atom stereocenters. The Morgan fingerprint density at radius 2 is 1.76 bits per heavy atom. The number of aromatic nitrogens is 1. The average molecular weight is 680 g/mol. The molecule has 2 saturated carbocycles. The molecule has 266 valence electrons. The summed E-state index contributed by atoms with van der Waals surface area (Å²) in [7, 11) is 0. The number of rotatable bonds is 4. The first-order valence-corrected chi connectivity index (χ1v) is 18.5. The van der Waals surface area contributed by atoms with Gasteiger partial charge in [0, 0.05) is 39.0 Å². The van der Waals surface area contributed by atoms with E-state index < -0.39 is 40.8 Å². The summed E-state index contributed by atoms with van der Waals surface area (Å²) >= 11 is 0. The summed E-state index contributed by atoms with van der Waals surface area (Å²) in [6.45, 7) is 23.1. The Balaban J connectivity index is 1.36. The van der Waals surface area contributed by atoms with Gasteiger partial charge in [-0.1, -0.05) is 51.2 Å². The van der Waals surface area contributed by atoms with E-state index in [0.29, 0.717) is 17.9 Å².